The molecule has 0 aliphatic carbocycles. The highest BCUT2D eigenvalue weighted by Gasteiger charge is 2.42. The number of hydrogen-bond donors (Lipinski definition) is 0. The Morgan fingerprint density at radius 2 is 1.75 bits per heavy atom. The molecule has 0 saturated carbocycles. The maximum absolute atomic E-state index is 13.7. The molecule has 0 bridgehead atoms. The zero-order valence-electron chi connectivity index (χ0n) is 18.6. The van der Waals surface area contributed by atoms with Gasteiger partial charge in [-0.05, 0) is 43.0 Å². The van der Waals surface area contributed by atoms with Gasteiger partial charge in [-0.2, -0.15) is 0 Å². The maximum atomic E-state index is 13.7. The lowest BCUT2D eigenvalue weighted by molar-refractivity contribution is 0.0353. The molecule has 5 rings (SSSR count). The van der Waals surface area contributed by atoms with Crippen LogP contribution in [0.2, 0.25) is 0 Å². The predicted molar refractivity (Wildman–Crippen MR) is 123 cm³/mol. The Morgan fingerprint density at radius 1 is 1.00 bits per heavy atom. The molecule has 6 nitrogen and oxygen atoms in total. The standard InChI is InChI=1S/C26H28N2O4/c1-17-15-18(2)21-20(16-17)32-25-22(24(21)29)23(19-7-4-3-5-8-19)28(26(25)30)10-6-9-27-11-13-31-14-12-27/h3-5,7-8,15-16,23H,6,9-14H2,1-2H3. The first-order chi connectivity index (χ1) is 15.5. The summed E-state index contributed by atoms with van der Waals surface area (Å²) < 4.78 is 11.5. The number of rotatable bonds is 5. The van der Waals surface area contributed by atoms with E-state index in [0.29, 0.717) is 23.1 Å². The third-order valence-electron chi connectivity index (χ3n) is 6.50. The Balaban J connectivity index is 1.55. The van der Waals surface area contributed by atoms with E-state index >= 15 is 0 Å². The van der Waals surface area contributed by atoms with Gasteiger partial charge in [0.05, 0.1) is 30.2 Å². The van der Waals surface area contributed by atoms with E-state index in [4.69, 9.17) is 9.15 Å². The number of carbonyl (C=O) groups is 1. The van der Waals surface area contributed by atoms with Gasteiger partial charge in [-0.25, -0.2) is 0 Å². The fourth-order valence-electron chi connectivity index (χ4n) is 5.02. The maximum Gasteiger partial charge on any atom is 0.290 e. The van der Waals surface area contributed by atoms with Crippen molar-refractivity contribution in [2.24, 2.45) is 0 Å². The minimum absolute atomic E-state index is 0.100. The highest BCUT2D eigenvalue weighted by molar-refractivity contribution is 5.99. The number of benzene rings is 2. The monoisotopic (exact) mass is 432 g/mol. The Bertz CT molecular complexity index is 1210. The van der Waals surface area contributed by atoms with Gasteiger partial charge in [-0.3, -0.25) is 14.5 Å². The van der Waals surface area contributed by atoms with Gasteiger partial charge in [0, 0.05) is 26.2 Å². The first-order valence-electron chi connectivity index (χ1n) is 11.3. The normalized spacial score (nSPS) is 19.0. The van der Waals surface area contributed by atoms with E-state index in [1.54, 1.807) is 0 Å². The van der Waals surface area contributed by atoms with Crippen LogP contribution in [0.25, 0.3) is 11.0 Å². The number of amides is 1. The molecular formula is C26H28N2O4. The molecule has 0 spiro atoms. The minimum atomic E-state index is -0.426. The molecule has 2 aliphatic heterocycles. The van der Waals surface area contributed by atoms with Crippen LogP contribution in [-0.4, -0.2) is 55.1 Å². The zero-order valence-corrected chi connectivity index (χ0v) is 18.6. The van der Waals surface area contributed by atoms with E-state index in [-0.39, 0.29) is 17.1 Å². The van der Waals surface area contributed by atoms with Gasteiger partial charge in [-0.15, -0.1) is 0 Å². The molecular weight excluding hydrogens is 404 g/mol. The van der Waals surface area contributed by atoms with Crippen LogP contribution in [0.15, 0.2) is 51.7 Å². The van der Waals surface area contributed by atoms with Crippen LogP contribution in [0.5, 0.6) is 0 Å². The summed E-state index contributed by atoms with van der Waals surface area (Å²) in [4.78, 5) is 31.3. The van der Waals surface area contributed by atoms with Crippen molar-refractivity contribution in [2.75, 3.05) is 39.4 Å². The van der Waals surface area contributed by atoms with Gasteiger partial charge in [0.2, 0.25) is 5.76 Å². The topological polar surface area (TPSA) is 63.0 Å². The average molecular weight is 433 g/mol. The van der Waals surface area contributed by atoms with Crippen molar-refractivity contribution in [1.82, 2.24) is 9.80 Å². The summed E-state index contributed by atoms with van der Waals surface area (Å²) >= 11 is 0. The van der Waals surface area contributed by atoms with Crippen LogP contribution in [0, 0.1) is 13.8 Å². The molecule has 1 fully saturated rings. The first kappa shape index (κ1) is 20.9. The Hall–Kier alpha value is -2.96. The van der Waals surface area contributed by atoms with E-state index in [1.807, 2.05) is 61.2 Å². The summed E-state index contributed by atoms with van der Waals surface area (Å²) in [6, 6.07) is 13.2. The SMILES string of the molecule is Cc1cc(C)c2c(=O)c3c(oc2c1)C(=O)N(CCCN1CCOCC1)C3c1ccccc1. The largest absolute Gasteiger partial charge is 0.450 e. The Labute approximate surface area is 187 Å². The van der Waals surface area contributed by atoms with E-state index in [0.717, 1.165) is 56.0 Å². The predicted octanol–water partition coefficient (Wildman–Crippen LogP) is 3.68. The van der Waals surface area contributed by atoms with Crippen molar-refractivity contribution in [3.8, 4) is 0 Å². The van der Waals surface area contributed by atoms with Crippen LogP contribution >= 0.6 is 0 Å². The summed E-state index contributed by atoms with van der Waals surface area (Å²) in [7, 11) is 0. The van der Waals surface area contributed by atoms with Crippen LogP contribution in [0.1, 0.15) is 45.3 Å². The minimum Gasteiger partial charge on any atom is -0.450 e. The van der Waals surface area contributed by atoms with Gasteiger partial charge in [0.25, 0.3) is 5.91 Å². The molecule has 6 heteroatoms. The quantitative estimate of drug-likeness (QED) is 0.616. The number of ether oxygens (including phenoxy) is 1. The van der Waals surface area contributed by atoms with E-state index < -0.39 is 6.04 Å². The molecule has 1 atom stereocenters. The van der Waals surface area contributed by atoms with Gasteiger partial charge in [0.1, 0.15) is 5.58 Å². The number of morpholine rings is 1. The van der Waals surface area contributed by atoms with Crippen molar-refractivity contribution in [3.63, 3.8) is 0 Å². The van der Waals surface area contributed by atoms with Crippen molar-refractivity contribution < 1.29 is 13.9 Å². The third-order valence-corrected chi connectivity index (χ3v) is 6.50. The van der Waals surface area contributed by atoms with Crippen molar-refractivity contribution >= 4 is 16.9 Å². The van der Waals surface area contributed by atoms with E-state index in [1.165, 1.54) is 0 Å². The molecule has 0 radical (unpaired) electrons. The number of nitrogens with zero attached hydrogens (tertiary/aromatic N) is 2. The number of aryl methyl sites for hydroxylation is 2. The molecule has 32 heavy (non-hydrogen) atoms. The first-order valence-corrected chi connectivity index (χ1v) is 11.3. The summed E-state index contributed by atoms with van der Waals surface area (Å²) in [5.41, 5.74) is 3.67. The third kappa shape index (κ3) is 3.63. The van der Waals surface area contributed by atoms with E-state index in [2.05, 4.69) is 4.90 Å². The van der Waals surface area contributed by atoms with Crippen molar-refractivity contribution in [1.29, 1.82) is 0 Å². The highest BCUT2D eigenvalue weighted by atomic mass is 16.5. The second-order valence-electron chi connectivity index (χ2n) is 8.75. The van der Waals surface area contributed by atoms with Crippen molar-refractivity contribution in [2.45, 2.75) is 26.3 Å². The van der Waals surface area contributed by atoms with E-state index in [9.17, 15) is 9.59 Å². The van der Waals surface area contributed by atoms with Crippen LogP contribution in [0.4, 0.5) is 0 Å². The molecule has 3 heterocycles. The lowest BCUT2D eigenvalue weighted by atomic mass is 9.97. The summed E-state index contributed by atoms with van der Waals surface area (Å²) in [5, 5.41) is 0.568. The molecule has 1 unspecified atom stereocenters. The molecule has 0 N–H and O–H groups in total. The van der Waals surface area contributed by atoms with Gasteiger partial charge >= 0.3 is 0 Å². The molecule has 3 aromatic rings. The smallest absolute Gasteiger partial charge is 0.290 e. The fraction of sp³-hybridized carbons (Fsp3) is 0.385. The number of hydrogen-bond acceptors (Lipinski definition) is 5. The van der Waals surface area contributed by atoms with Crippen LogP contribution in [-0.2, 0) is 4.74 Å². The molecule has 166 valence electrons. The number of fused-ring (bicyclic) bond motifs is 2. The lowest BCUT2D eigenvalue weighted by Gasteiger charge is -2.29. The number of carbonyl (C=O) groups excluding carboxylic acids is 1. The highest BCUT2D eigenvalue weighted by Crippen LogP contribution is 2.38. The second kappa shape index (κ2) is 8.52. The average Bonchev–Trinajstić information content (AvgIpc) is 3.07. The molecule has 2 aliphatic rings. The molecule has 1 aromatic heterocycles. The van der Waals surface area contributed by atoms with Crippen LogP contribution in [0.3, 0.4) is 0 Å². The molecule has 2 aromatic carbocycles. The van der Waals surface area contributed by atoms with Gasteiger partial charge in [0.15, 0.2) is 5.43 Å². The molecule has 1 saturated heterocycles. The zero-order chi connectivity index (χ0) is 22.2. The summed E-state index contributed by atoms with van der Waals surface area (Å²) in [5.74, 6) is -0.0123. The molecule has 1 amide bonds. The van der Waals surface area contributed by atoms with Crippen molar-refractivity contribution in [3.05, 3.63) is 80.7 Å². The summed E-state index contributed by atoms with van der Waals surface area (Å²) in [6.45, 7) is 8.69. The fourth-order valence-corrected chi connectivity index (χ4v) is 5.02. The van der Waals surface area contributed by atoms with Gasteiger partial charge in [-0.1, -0.05) is 36.4 Å². The second-order valence-corrected chi connectivity index (χ2v) is 8.75. The summed E-state index contributed by atoms with van der Waals surface area (Å²) in [6.07, 6.45) is 0.828. The van der Waals surface area contributed by atoms with Crippen LogP contribution < -0.4 is 5.43 Å². The Morgan fingerprint density at radius 3 is 2.50 bits per heavy atom. The van der Waals surface area contributed by atoms with Gasteiger partial charge < -0.3 is 14.1 Å². The Kier molecular flexibility index (Phi) is 5.57. The lowest BCUT2D eigenvalue weighted by Crippen LogP contribution is -2.38.